The highest BCUT2D eigenvalue weighted by Gasteiger charge is 2.38. The van der Waals surface area contributed by atoms with Crippen LogP contribution in [0.4, 0.5) is 18.9 Å². The first-order valence-corrected chi connectivity index (χ1v) is 12.1. The van der Waals surface area contributed by atoms with Crippen molar-refractivity contribution in [2.24, 2.45) is 5.92 Å². The minimum Gasteiger partial charge on any atom is -0.359 e. The molecular formula is C27H32F3N3O. The molecule has 4 nitrogen and oxygen atoms in total. The lowest BCUT2D eigenvalue weighted by Gasteiger charge is -2.32. The monoisotopic (exact) mass is 471 g/mol. The number of ketones is 1. The molecule has 7 heteroatoms. The predicted octanol–water partition coefficient (Wildman–Crippen LogP) is 6.16. The second kappa shape index (κ2) is 10.3. The van der Waals surface area contributed by atoms with E-state index in [9.17, 15) is 18.0 Å². The maximum absolute atomic E-state index is 14.0. The predicted molar refractivity (Wildman–Crippen MR) is 129 cm³/mol. The maximum atomic E-state index is 14.0. The van der Waals surface area contributed by atoms with Crippen molar-refractivity contribution in [1.29, 1.82) is 5.41 Å². The van der Waals surface area contributed by atoms with E-state index in [0.717, 1.165) is 18.5 Å². The van der Waals surface area contributed by atoms with Crippen molar-refractivity contribution in [2.75, 3.05) is 18.0 Å². The summed E-state index contributed by atoms with van der Waals surface area (Å²) in [6.45, 7) is 3.22. The molecule has 4 rings (SSSR count). The van der Waals surface area contributed by atoms with Crippen LogP contribution in [0, 0.1) is 11.3 Å². The quantitative estimate of drug-likeness (QED) is 0.431. The molecule has 2 aromatic carbocycles. The molecule has 0 spiro atoms. The maximum Gasteiger partial charge on any atom is 0.416 e. The van der Waals surface area contributed by atoms with Gasteiger partial charge in [0.2, 0.25) is 0 Å². The van der Waals surface area contributed by atoms with E-state index in [1.165, 1.54) is 25.3 Å². The van der Waals surface area contributed by atoms with Crippen LogP contribution in [0.3, 0.4) is 0 Å². The number of Topliss-reactive ketones (excluding diaryl/α,β-unsaturated/α-hetero) is 1. The molecule has 1 aliphatic carbocycles. The van der Waals surface area contributed by atoms with Gasteiger partial charge in [0, 0.05) is 36.5 Å². The minimum absolute atomic E-state index is 0.0293. The van der Waals surface area contributed by atoms with Crippen LogP contribution < -0.4 is 10.2 Å². The molecule has 0 saturated heterocycles. The van der Waals surface area contributed by atoms with E-state index in [-0.39, 0.29) is 30.0 Å². The van der Waals surface area contributed by atoms with Gasteiger partial charge in [-0.3, -0.25) is 4.79 Å². The van der Waals surface area contributed by atoms with E-state index < -0.39 is 11.7 Å². The van der Waals surface area contributed by atoms with E-state index in [2.05, 4.69) is 5.32 Å². The Bertz CT molecular complexity index is 1060. The lowest BCUT2D eigenvalue weighted by Crippen LogP contribution is -2.37. The SMILES string of the molecule is CCCC(=N)Cc1cccc(N2CC(=O)c3cc(CNCC4CCC4)cc(C(F)(F)F)c3C2)c1. The number of fused-ring (bicyclic) bond motifs is 1. The summed E-state index contributed by atoms with van der Waals surface area (Å²) in [5, 5.41) is 11.3. The Morgan fingerprint density at radius 2 is 1.94 bits per heavy atom. The third-order valence-corrected chi connectivity index (χ3v) is 6.83. The van der Waals surface area contributed by atoms with Crippen molar-refractivity contribution in [3.05, 3.63) is 64.2 Å². The number of alkyl halides is 3. The molecule has 2 aliphatic rings. The second-order valence-corrected chi connectivity index (χ2v) is 9.57. The Morgan fingerprint density at radius 3 is 2.62 bits per heavy atom. The zero-order valence-electron chi connectivity index (χ0n) is 19.6. The second-order valence-electron chi connectivity index (χ2n) is 9.57. The normalized spacial score (nSPS) is 16.4. The van der Waals surface area contributed by atoms with Crippen LogP contribution in [0.1, 0.15) is 71.6 Å². The molecule has 0 aromatic heterocycles. The fourth-order valence-electron chi connectivity index (χ4n) is 4.81. The molecule has 1 aliphatic heterocycles. The molecule has 34 heavy (non-hydrogen) atoms. The molecule has 0 atom stereocenters. The topological polar surface area (TPSA) is 56.2 Å². The zero-order chi connectivity index (χ0) is 24.3. The summed E-state index contributed by atoms with van der Waals surface area (Å²) in [6.07, 6.45) is 1.14. The number of hydrogen-bond donors (Lipinski definition) is 2. The minimum atomic E-state index is -4.53. The van der Waals surface area contributed by atoms with Gasteiger partial charge in [0.25, 0.3) is 0 Å². The fraction of sp³-hybridized carbons (Fsp3) is 0.481. The molecule has 0 bridgehead atoms. The van der Waals surface area contributed by atoms with E-state index in [4.69, 9.17) is 5.41 Å². The Morgan fingerprint density at radius 1 is 1.15 bits per heavy atom. The molecule has 0 unspecified atom stereocenters. The number of anilines is 1. The lowest BCUT2D eigenvalue weighted by molar-refractivity contribution is -0.138. The summed E-state index contributed by atoms with van der Waals surface area (Å²) in [5.74, 6) is 0.313. The van der Waals surface area contributed by atoms with E-state index in [1.54, 1.807) is 11.0 Å². The zero-order valence-corrected chi connectivity index (χ0v) is 19.6. The van der Waals surface area contributed by atoms with Gasteiger partial charge < -0.3 is 15.6 Å². The Kier molecular flexibility index (Phi) is 7.41. The summed E-state index contributed by atoms with van der Waals surface area (Å²) in [5.41, 5.74) is 2.28. The Labute approximate surface area is 199 Å². The number of halogens is 3. The fourth-order valence-corrected chi connectivity index (χ4v) is 4.81. The van der Waals surface area contributed by atoms with Crippen LogP contribution >= 0.6 is 0 Å². The standard InChI is InChI=1S/C27H32F3N3O/c1-2-5-21(31)10-19-8-4-9-22(11-19)33-16-24-23(26(34)17-33)12-20(13-25(24)27(28,29)30)15-32-14-18-6-3-7-18/h4,8-9,11-13,18,31-32H,2-3,5-7,10,14-17H2,1H3. The van der Waals surface area contributed by atoms with Crippen LogP contribution in [0.5, 0.6) is 0 Å². The van der Waals surface area contributed by atoms with Crippen LogP contribution in [0.2, 0.25) is 0 Å². The third kappa shape index (κ3) is 5.69. The molecule has 1 heterocycles. The third-order valence-electron chi connectivity index (χ3n) is 6.83. The van der Waals surface area contributed by atoms with Gasteiger partial charge in [-0.1, -0.05) is 31.9 Å². The highest BCUT2D eigenvalue weighted by Crippen LogP contribution is 2.38. The van der Waals surface area contributed by atoms with Crippen molar-refractivity contribution in [2.45, 2.75) is 64.7 Å². The van der Waals surface area contributed by atoms with Gasteiger partial charge in [0.1, 0.15) is 0 Å². The highest BCUT2D eigenvalue weighted by atomic mass is 19.4. The van der Waals surface area contributed by atoms with Crippen molar-refractivity contribution in [3.8, 4) is 0 Å². The van der Waals surface area contributed by atoms with Gasteiger partial charge in [0.15, 0.2) is 5.78 Å². The number of carbonyl (C=O) groups excluding carboxylic acids is 1. The summed E-state index contributed by atoms with van der Waals surface area (Å²) in [7, 11) is 0. The molecule has 1 fully saturated rings. The molecule has 2 aromatic rings. The molecule has 182 valence electrons. The molecule has 2 N–H and O–H groups in total. The average Bonchev–Trinajstić information content (AvgIpc) is 2.75. The first-order valence-electron chi connectivity index (χ1n) is 12.1. The van der Waals surface area contributed by atoms with Crippen LogP contribution in [0.15, 0.2) is 36.4 Å². The van der Waals surface area contributed by atoms with Crippen molar-refractivity contribution in [1.82, 2.24) is 5.32 Å². The van der Waals surface area contributed by atoms with Crippen LogP contribution in [-0.4, -0.2) is 24.6 Å². The molecule has 1 saturated carbocycles. The largest absolute Gasteiger partial charge is 0.416 e. The summed E-state index contributed by atoms with van der Waals surface area (Å²) in [4.78, 5) is 14.7. The van der Waals surface area contributed by atoms with Gasteiger partial charge in [-0.25, -0.2) is 0 Å². The van der Waals surface area contributed by atoms with E-state index >= 15 is 0 Å². The van der Waals surface area contributed by atoms with Crippen molar-refractivity contribution < 1.29 is 18.0 Å². The Hall–Kier alpha value is -2.67. The Balaban J connectivity index is 1.57. The lowest BCUT2D eigenvalue weighted by atomic mass is 9.85. The van der Waals surface area contributed by atoms with Crippen molar-refractivity contribution >= 4 is 17.2 Å². The highest BCUT2D eigenvalue weighted by molar-refractivity contribution is 6.02. The first-order chi connectivity index (χ1) is 16.2. The average molecular weight is 472 g/mol. The number of rotatable bonds is 9. The number of benzene rings is 2. The summed E-state index contributed by atoms with van der Waals surface area (Å²) in [6, 6.07) is 10.3. The number of carbonyl (C=O) groups is 1. The van der Waals surface area contributed by atoms with Gasteiger partial charge >= 0.3 is 6.18 Å². The van der Waals surface area contributed by atoms with E-state index in [1.807, 2.05) is 31.2 Å². The van der Waals surface area contributed by atoms with E-state index in [0.29, 0.717) is 42.3 Å². The first kappa shape index (κ1) is 24.5. The van der Waals surface area contributed by atoms with Gasteiger partial charge in [-0.2, -0.15) is 13.2 Å². The number of hydrogen-bond acceptors (Lipinski definition) is 4. The number of nitrogens with one attached hydrogen (secondary N) is 2. The van der Waals surface area contributed by atoms with Crippen LogP contribution in [0.25, 0.3) is 0 Å². The van der Waals surface area contributed by atoms with Gasteiger partial charge in [-0.05, 0) is 72.7 Å². The van der Waals surface area contributed by atoms with Crippen molar-refractivity contribution in [3.63, 3.8) is 0 Å². The van der Waals surface area contributed by atoms with Gasteiger partial charge in [0.05, 0.1) is 12.1 Å². The molecule has 0 amide bonds. The summed E-state index contributed by atoms with van der Waals surface area (Å²) >= 11 is 0. The van der Waals surface area contributed by atoms with Gasteiger partial charge in [-0.15, -0.1) is 0 Å². The smallest absolute Gasteiger partial charge is 0.359 e. The summed E-state index contributed by atoms with van der Waals surface area (Å²) < 4.78 is 42.1. The van der Waals surface area contributed by atoms with Crippen LogP contribution in [-0.2, 0) is 25.7 Å². The number of nitrogens with zero attached hydrogens (tertiary/aromatic N) is 1. The molecule has 0 radical (unpaired) electrons. The molecular weight excluding hydrogens is 439 g/mol.